The van der Waals surface area contributed by atoms with Crippen molar-refractivity contribution in [1.82, 2.24) is 0 Å². The molecular weight excluding hydrogens is 224 g/mol. The Morgan fingerprint density at radius 2 is 1.89 bits per heavy atom. The van der Waals surface area contributed by atoms with Crippen LogP contribution in [0.2, 0.25) is 0 Å². The van der Waals surface area contributed by atoms with Crippen LogP contribution in [0.3, 0.4) is 0 Å². The average molecular weight is 242 g/mol. The van der Waals surface area contributed by atoms with Gasteiger partial charge in [0.05, 0.1) is 0 Å². The number of carbonyl (C=O) groups is 1. The molecule has 1 aromatic rings. The fourth-order valence-corrected chi connectivity index (χ4v) is 2.34. The van der Waals surface area contributed by atoms with E-state index in [-0.39, 0.29) is 11.9 Å². The highest BCUT2D eigenvalue weighted by Gasteiger charge is 2.24. The second-order valence-corrected chi connectivity index (χ2v) is 4.67. The summed E-state index contributed by atoms with van der Waals surface area (Å²) < 4.78 is 5.46. The first-order valence-electron chi connectivity index (χ1n) is 6.12. The van der Waals surface area contributed by atoms with E-state index in [4.69, 9.17) is 4.74 Å². The summed E-state index contributed by atoms with van der Waals surface area (Å²) in [7, 11) is 1.69. The number of hydrogen-bond acceptors (Lipinski definition) is 2. The number of carbonyl (C=O) groups excluding carboxylic acids is 1. The van der Waals surface area contributed by atoms with Gasteiger partial charge in [-0.15, -0.1) is 0 Å². The van der Waals surface area contributed by atoms with Crippen LogP contribution >= 0.6 is 0 Å². The van der Waals surface area contributed by atoms with E-state index >= 15 is 0 Å². The predicted octanol–water partition coefficient (Wildman–Crippen LogP) is 3.55. The third-order valence-electron chi connectivity index (χ3n) is 3.45. The van der Waals surface area contributed by atoms with Crippen LogP contribution in [0.4, 0.5) is 0 Å². The first-order chi connectivity index (χ1) is 8.63. The predicted molar refractivity (Wildman–Crippen MR) is 72.6 cm³/mol. The molecule has 0 bridgehead atoms. The lowest BCUT2D eigenvalue weighted by Crippen LogP contribution is -2.15. The lowest BCUT2D eigenvalue weighted by atomic mass is 9.99. The van der Waals surface area contributed by atoms with E-state index in [0.29, 0.717) is 6.42 Å². The number of rotatable bonds is 4. The molecule has 1 aromatic carbocycles. The van der Waals surface area contributed by atoms with Crippen molar-refractivity contribution in [1.29, 1.82) is 0 Å². The lowest BCUT2D eigenvalue weighted by molar-refractivity contribution is 0.0975. The summed E-state index contributed by atoms with van der Waals surface area (Å²) in [5.41, 5.74) is 4.22. The van der Waals surface area contributed by atoms with Gasteiger partial charge in [-0.25, -0.2) is 0 Å². The van der Waals surface area contributed by atoms with Crippen molar-refractivity contribution < 1.29 is 9.53 Å². The lowest BCUT2D eigenvalue weighted by Gasteiger charge is -2.15. The Morgan fingerprint density at radius 1 is 1.22 bits per heavy atom. The Hall–Kier alpha value is -1.67. The van der Waals surface area contributed by atoms with Crippen LogP contribution in [0.25, 0.3) is 0 Å². The number of ether oxygens (including phenoxy) is 1. The summed E-state index contributed by atoms with van der Waals surface area (Å²) in [5.74, 6) is 0.145. The zero-order chi connectivity index (χ0) is 13.1. The maximum absolute atomic E-state index is 12.2. The second kappa shape index (κ2) is 5.32. The largest absolute Gasteiger partial charge is 0.373 e. The molecule has 0 aliphatic heterocycles. The molecule has 1 unspecified atom stereocenters. The van der Waals surface area contributed by atoms with Gasteiger partial charge in [-0.05, 0) is 30.6 Å². The standard InChI is InChI=1S/C16H18O2/c1-11-9-14(16(18-3)12(11)2)10-15(17)13-7-5-4-6-8-13/h4-9,16H,10H2,1-3H3. The van der Waals surface area contributed by atoms with Gasteiger partial charge in [0.2, 0.25) is 0 Å². The molecular formula is C16H18O2. The summed E-state index contributed by atoms with van der Waals surface area (Å²) in [6.45, 7) is 4.11. The highest BCUT2D eigenvalue weighted by molar-refractivity contribution is 5.97. The molecule has 18 heavy (non-hydrogen) atoms. The second-order valence-electron chi connectivity index (χ2n) is 4.67. The van der Waals surface area contributed by atoms with Crippen LogP contribution < -0.4 is 0 Å². The van der Waals surface area contributed by atoms with E-state index < -0.39 is 0 Å². The minimum atomic E-state index is -0.0299. The maximum Gasteiger partial charge on any atom is 0.167 e. The molecule has 1 aliphatic carbocycles. The molecule has 0 aromatic heterocycles. The Kier molecular flexibility index (Phi) is 3.78. The highest BCUT2D eigenvalue weighted by Crippen LogP contribution is 2.30. The molecule has 2 rings (SSSR count). The van der Waals surface area contributed by atoms with E-state index in [1.54, 1.807) is 7.11 Å². The van der Waals surface area contributed by atoms with Crippen molar-refractivity contribution in [3.63, 3.8) is 0 Å². The van der Waals surface area contributed by atoms with Gasteiger partial charge < -0.3 is 4.74 Å². The average Bonchev–Trinajstić information content (AvgIpc) is 2.65. The molecule has 0 radical (unpaired) electrons. The summed E-state index contributed by atoms with van der Waals surface area (Å²) in [6, 6.07) is 9.40. The Labute approximate surface area is 108 Å². The van der Waals surface area contributed by atoms with Crippen molar-refractivity contribution in [3.8, 4) is 0 Å². The number of methoxy groups -OCH3 is 1. The van der Waals surface area contributed by atoms with Crippen molar-refractivity contribution in [2.45, 2.75) is 26.4 Å². The molecule has 94 valence electrons. The molecule has 0 saturated carbocycles. The first-order valence-corrected chi connectivity index (χ1v) is 6.12. The molecule has 0 saturated heterocycles. The molecule has 0 spiro atoms. The minimum Gasteiger partial charge on any atom is -0.373 e. The van der Waals surface area contributed by atoms with Gasteiger partial charge in [-0.3, -0.25) is 4.79 Å². The van der Waals surface area contributed by atoms with Crippen molar-refractivity contribution >= 4 is 5.78 Å². The number of hydrogen-bond donors (Lipinski definition) is 0. The number of allylic oxidation sites excluding steroid dienone is 2. The highest BCUT2D eigenvalue weighted by atomic mass is 16.5. The summed E-state index contributed by atoms with van der Waals surface area (Å²) in [4.78, 5) is 12.2. The van der Waals surface area contributed by atoms with Crippen molar-refractivity contribution in [2.75, 3.05) is 7.11 Å². The smallest absolute Gasteiger partial charge is 0.167 e. The number of Topliss-reactive ketones (excluding diaryl/α,β-unsaturated/α-hetero) is 1. The molecule has 0 N–H and O–H groups in total. The molecule has 0 heterocycles. The van der Waals surface area contributed by atoms with Crippen LogP contribution in [0.15, 0.2) is 53.1 Å². The zero-order valence-corrected chi connectivity index (χ0v) is 11.1. The van der Waals surface area contributed by atoms with Crippen molar-refractivity contribution in [3.05, 3.63) is 58.7 Å². The Balaban J connectivity index is 2.12. The summed E-state index contributed by atoms with van der Waals surface area (Å²) in [5, 5.41) is 0. The minimum absolute atomic E-state index is 0.0299. The van der Waals surface area contributed by atoms with Gasteiger partial charge in [0, 0.05) is 19.1 Å². The third kappa shape index (κ3) is 2.44. The normalized spacial score (nSPS) is 19.1. The maximum atomic E-state index is 12.2. The van der Waals surface area contributed by atoms with E-state index in [0.717, 1.165) is 11.1 Å². The fourth-order valence-electron chi connectivity index (χ4n) is 2.34. The molecule has 1 aliphatic rings. The molecule has 0 amide bonds. The van der Waals surface area contributed by atoms with E-state index in [2.05, 4.69) is 19.9 Å². The quantitative estimate of drug-likeness (QED) is 0.755. The van der Waals surface area contributed by atoms with Gasteiger partial charge >= 0.3 is 0 Å². The van der Waals surface area contributed by atoms with Gasteiger partial charge in [0.25, 0.3) is 0 Å². The Morgan fingerprint density at radius 3 is 2.50 bits per heavy atom. The summed E-state index contributed by atoms with van der Waals surface area (Å²) in [6.07, 6.45) is 2.47. The Bertz CT molecular complexity index is 509. The van der Waals surface area contributed by atoms with Gasteiger partial charge in [-0.2, -0.15) is 0 Å². The van der Waals surface area contributed by atoms with E-state index in [1.807, 2.05) is 30.3 Å². The van der Waals surface area contributed by atoms with Crippen LogP contribution in [0, 0.1) is 0 Å². The van der Waals surface area contributed by atoms with Crippen LogP contribution in [-0.4, -0.2) is 19.0 Å². The topological polar surface area (TPSA) is 26.3 Å². The van der Waals surface area contributed by atoms with E-state index in [9.17, 15) is 4.79 Å². The molecule has 2 heteroatoms. The summed E-state index contributed by atoms with van der Waals surface area (Å²) >= 11 is 0. The first kappa shape index (κ1) is 12.8. The number of ketones is 1. The van der Waals surface area contributed by atoms with Gasteiger partial charge in [0.1, 0.15) is 6.10 Å². The molecule has 0 fully saturated rings. The fraction of sp³-hybridized carbons (Fsp3) is 0.312. The SMILES string of the molecule is COC1C(CC(=O)c2ccccc2)=CC(C)=C1C. The van der Waals surface area contributed by atoms with Gasteiger partial charge in [0.15, 0.2) is 5.78 Å². The van der Waals surface area contributed by atoms with Gasteiger partial charge in [-0.1, -0.05) is 36.4 Å². The van der Waals surface area contributed by atoms with E-state index in [1.165, 1.54) is 11.1 Å². The monoisotopic (exact) mass is 242 g/mol. The van der Waals surface area contributed by atoms with Crippen LogP contribution in [0.5, 0.6) is 0 Å². The molecule has 2 nitrogen and oxygen atoms in total. The van der Waals surface area contributed by atoms with Crippen LogP contribution in [0.1, 0.15) is 30.6 Å². The van der Waals surface area contributed by atoms with Crippen LogP contribution in [-0.2, 0) is 4.74 Å². The molecule has 1 atom stereocenters. The van der Waals surface area contributed by atoms with Crippen molar-refractivity contribution in [2.24, 2.45) is 0 Å². The number of benzene rings is 1. The zero-order valence-electron chi connectivity index (χ0n) is 11.1. The third-order valence-corrected chi connectivity index (χ3v) is 3.45.